The predicted octanol–water partition coefficient (Wildman–Crippen LogP) is 2.36. The van der Waals surface area contributed by atoms with E-state index >= 15 is 0 Å². The van der Waals surface area contributed by atoms with Gasteiger partial charge in [0, 0.05) is 12.0 Å². The van der Waals surface area contributed by atoms with Gasteiger partial charge in [-0.25, -0.2) is 4.98 Å². The minimum absolute atomic E-state index is 0.00322. The van der Waals surface area contributed by atoms with Crippen LogP contribution in [0.3, 0.4) is 0 Å². The van der Waals surface area contributed by atoms with Gasteiger partial charge in [-0.3, -0.25) is 9.59 Å². The highest BCUT2D eigenvalue weighted by atomic mass is 32.1. The lowest BCUT2D eigenvalue weighted by Gasteiger charge is -2.16. The second kappa shape index (κ2) is 5.55. The van der Waals surface area contributed by atoms with E-state index < -0.39 is 5.41 Å². The highest BCUT2D eigenvalue weighted by Gasteiger charge is 2.23. The maximum absolute atomic E-state index is 12.0. The topological polar surface area (TPSA) is 73.6 Å². The second-order valence-electron chi connectivity index (χ2n) is 6.20. The summed E-state index contributed by atoms with van der Waals surface area (Å²) in [5, 5.41) is 5.09. The fourth-order valence-electron chi connectivity index (χ4n) is 1.53. The Labute approximate surface area is 126 Å². The van der Waals surface area contributed by atoms with Gasteiger partial charge in [-0.15, -0.1) is 0 Å². The molecule has 0 spiro atoms. The Morgan fingerprint density at radius 3 is 2.67 bits per heavy atom. The first kappa shape index (κ1) is 15.6. The SMILES string of the molecule is CC(C)c1nn2c(=O)cc(COC(=O)C(C)(C)C)nc2s1. The molecule has 2 rings (SSSR count). The van der Waals surface area contributed by atoms with Gasteiger partial charge in [0.15, 0.2) is 0 Å². The summed E-state index contributed by atoms with van der Waals surface area (Å²) in [5.41, 5.74) is -0.393. The van der Waals surface area contributed by atoms with E-state index in [0.717, 1.165) is 5.01 Å². The Kier molecular flexibility index (Phi) is 4.13. The molecule has 6 nitrogen and oxygen atoms in total. The zero-order valence-electron chi connectivity index (χ0n) is 12.8. The van der Waals surface area contributed by atoms with Crippen LogP contribution in [0.15, 0.2) is 10.9 Å². The minimum atomic E-state index is -0.575. The van der Waals surface area contributed by atoms with Crippen molar-refractivity contribution in [2.45, 2.75) is 47.1 Å². The first-order chi connectivity index (χ1) is 9.68. The normalized spacial score (nSPS) is 12.1. The molecule has 0 bridgehead atoms. The molecule has 0 unspecified atom stereocenters. The molecule has 0 N–H and O–H groups in total. The van der Waals surface area contributed by atoms with Gasteiger partial charge in [0.1, 0.15) is 11.6 Å². The zero-order chi connectivity index (χ0) is 15.8. The van der Waals surface area contributed by atoms with Crippen LogP contribution in [0.4, 0.5) is 0 Å². The highest BCUT2D eigenvalue weighted by molar-refractivity contribution is 7.16. The average Bonchev–Trinajstić information content (AvgIpc) is 2.79. The molecule has 0 amide bonds. The van der Waals surface area contributed by atoms with Crippen molar-refractivity contribution < 1.29 is 9.53 Å². The molecule has 0 radical (unpaired) electrons. The summed E-state index contributed by atoms with van der Waals surface area (Å²) in [6.45, 7) is 9.34. The predicted molar refractivity (Wildman–Crippen MR) is 80.5 cm³/mol. The summed E-state index contributed by atoms with van der Waals surface area (Å²) in [6, 6.07) is 1.35. The molecular weight excluding hydrogens is 290 g/mol. The van der Waals surface area contributed by atoms with Gasteiger partial charge in [0.25, 0.3) is 5.56 Å². The molecule has 114 valence electrons. The Morgan fingerprint density at radius 1 is 1.43 bits per heavy atom. The number of esters is 1. The van der Waals surface area contributed by atoms with Crippen LogP contribution < -0.4 is 5.56 Å². The van der Waals surface area contributed by atoms with Crippen molar-refractivity contribution in [2.24, 2.45) is 5.41 Å². The summed E-state index contributed by atoms with van der Waals surface area (Å²) >= 11 is 1.37. The molecule has 0 atom stereocenters. The van der Waals surface area contributed by atoms with Gasteiger partial charge in [0.2, 0.25) is 4.96 Å². The molecular formula is C14H19N3O3S. The summed E-state index contributed by atoms with van der Waals surface area (Å²) < 4.78 is 6.47. The first-order valence-corrected chi connectivity index (χ1v) is 7.57. The number of fused-ring (bicyclic) bond motifs is 1. The molecule has 0 aliphatic carbocycles. The van der Waals surface area contributed by atoms with Crippen LogP contribution in [0.5, 0.6) is 0 Å². The molecule has 2 aromatic heterocycles. The fourth-order valence-corrected chi connectivity index (χ4v) is 2.46. The molecule has 2 heterocycles. The number of nitrogens with zero attached hydrogens (tertiary/aromatic N) is 3. The summed E-state index contributed by atoms with van der Waals surface area (Å²) in [4.78, 5) is 28.6. The largest absolute Gasteiger partial charge is 0.459 e. The van der Waals surface area contributed by atoms with Crippen molar-refractivity contribution in [3.05, 3.63) is 27.1 Å². The highest BCUT2D eigenvalue weighted by Crippen LogP contribution is 2.20. The molecule has 0 saturated carbocycles. The Hall–Kier alpha value is -1.76. The maximum Gasteiger partial charge on any atom is 0.311 e. The quantitative estimate of drug-likeness (QED) is 0.814. The lowest BCUT2D eigenvalue weighted by molar-refractivity contribution is -0.154. The Balaban J connectivity index is 2.26. The number of hydrogen-bond acceptors (Lipinski definition) is 6. The lowest BCUT2D eigenvalue weighted by Crippen LogP contribution is -2.23. The van der Waals surface area contributed by atoms with Crippen LogP contribution in [0.2, 0.25) is 0 Å². The zero-order valence-corrected chi connectivity index (χ0v) is 13.7. The van der Waals surface area contributed by atoms with Gasteiger partial charge in [-0.2, -0.15) is 9.61 Å². The molecule has 2 aromatic rings. The monoisotopic (exact) mass is 309 g/mol. The van der Waals surface area contributed by atoms with Gasteiger partial charge >= 0.3 is 5.97 Å². The number of ether oxygens (including phenoxy) is 1. The fraction of sp³-hybridized carbons (Fsp3) is 0.571. The standard InChI is InChI=1S/C14H19N3O3S/c1-8(2)11-16-17-10(18)6-9(15-13(17)21-11)7-20-12(19)14(3,4)5/h6,8H,7H2,1-5H3. The van der Waals surface area contributed by atoms with Crippen molar-refractivity contribution in [2.75, 3.05) is 0 Å². The van der Waals surface area contributed by atoms with Crippen LogP contribution in [-0.4, -0.2) is 20.6 Å². The average molecular weight is 309 g/mol. The van der Waals surface area contributed by atoms with Crippen molar-refractivity contribution in [3.63, 3.8) is 0 Å². The van der Waals surface area contributed by atoms with E-state index in [9.17, 15) is 9.59 Å². The van der Waals surface area contributed by atoms with E-state index in [2.05, 4.69) is 10.1 Å². The first-order valence-electron chi connectivity index (χ1n) is 6.75. The van der Waals surface area contributed by atoms with E-state index in [-0.39, 0.29) is 24.1 Å². The molecule has 0 aliphatic heterocycles. The van der Waals surface area contributed by atoms with E-state index in [1.807, 2.05) is 13.8 Å². The molecule has 7 heteroatoms. The van der Waals surface area contributed by atoms with E-state index in [0.29, 0.717) is 10.7 Å². The Morgan fingerprint density at radius 2 is 2.10 bits per heavy atom. The van der Waals surface area contributed by atoms with Crippen LogP contribution in [-0.2, 0) is 16.1 Å². The number of rotatable bonds is 3. The van der Waals surface area contributed by atoms with Gasteiger partial charge in [-0.1, -0.05) is 25.2 Å². The number of carbonyl (C=O) groups excluding carboxylic acids is 1. The van der Waals surface area contributed by atoms with Crippen molar-refractivity contribution in [3.8, 4) is 0 Å². The van der Waals surface area contributed by atoms with Crippen molar-refractivity contribution >= 4 is 22.3 Å². The van der Waals surface area contributed by atoms with Gasteiger partial charge < -0.3 is 4.74 Å². The van der Waals surface area contributed by atoms with Crippen molar-refractivity contribution in [1.29, 1.82) is 0 Å². The molecule has 21 heavy (non-hydrogen) atoms. The maximum atomic E-state index is 12.0. The van der Waals surface area contributed by atoms with E-state index in [1.165, 1.54) is 21.9 Å². The van der Waals surface area contributed by atoms with Crippen LogP contribution in [0.1, 0.15) is 51.2 Å². The third-order valence-corrected chi connectivity index (χ3v) is 3.98. The van der Waals surface area contributed by atoms with E-state index in [4.69, 9.17) is 4.74 Å². The van der Waals surface area contributed by atoms with Crippen molar-refractivity contribution in [1.82, 2.24) is 14.6 Å². The molecule has 0 fully saturated rings. The summed E-state index contributed by atoms with van der Waals surface area (Å²) in [7, 11) is 0. The van der Waals surface area contributed by atoms with Crippen LogP contribution in [0, 0.1) is 5.41 Å². The lowest BCUT2D eigenvalue weighted by atomic mass is 9.97. The number of hydrogen-bond donors (Lipinski definition) is 0. The third-order valence-electron chi connectivity index (χ3n) is 2.77. The molecule has 0 aliphatic rings. The Bertz CT molecular complexity index is 725. The number of carbonyl (C=O) groups is 1. The summed E-state index contributed by atoms with van der Waals surface area (Å²) in [6.07, 6.45) is 0. The van der Waals surface area contributed by atoms with E-state index in [1.54, 1.807) is 20.8 Å². The third kappa shape index (κ3) is 3.47. The smallest absolute Gasteiger partial charge is 0.311 e. The van der Waals surface area contributed by atoms with Gasteiger partial charge in [0.05, 0.1) is 11.1 Å². The molecule has 0 saturated heterocycles. The summed E-state index contributed by atoms with van der Waals surface area (Å²) in [5.74, 6) is -0.0880. The second-order valence-corrected chi connectivity index (χ2v) is 7.19. The van der Waals surface area contributed by atoms with Gasteiger partial charge in [-0.05, 0) is 20.8 Å². The van der Waals surface area contributed by atoms with Crippen LogP contribution >= 0.6 is 11.3 Å². The van der Waals surface area contributed by atoms with Crippen LogP contribution in [0.25, 0.3) is 4.96 Å². The number of aromatic nitrogens is 3. The molecule has 0 aromatic carbocycles. The minimum Gasteiger partial charge on any atom is -0.459 e.